The molecule has 0 radical (unpaired) electrons. The number of halogens is 3. The highest BCUT2D eigenvalue weighted by molar-refractivity contribution is 5.75. The second-order valence-electron chi connectivity index (χ2n) is 10.5. The summed E-state index contributed by atoms with van der Waals surface area (Å²) in [5, 5.41) is 0. The normalized spacial score (nSPS) is 12.5. The molecule has 0 fully saturated rings. The smallest absolute Gasteiger partial charge is 0.485 e. The summed E-state index contributed by atoms with van der Waals surface area (Å²) < 4.78 is 59.2. The molecule has 0 saturated heterocycles. The van der Waals surface area contributed by atoms with Crippen molar-refractivity contribution in [2.24, 2.45) is 0 Å². The van der Waals surface area contributed by atoms with Gasteiger partial charge in [-0.2, -0.15) is 0 Å². The van der Waals surface area contributed by atoms with Crippen molar-refractivity contribution in [1.82, 2.24) is 0 Å². The van der Waals surface area contributed by atoms with Crippen molar-refractivity contribution in [2.45, 2.75) is 78.4 Å². The number of rotatable bonds is 12. The Balaban J connectivity index is 1.90. The molecule has 3 aromatic rings. The van der Waals surface area contributed by atoms with Crippen molar-refractivity contribution >= 4 is 5.97 Å². The minimum atomic E-state index is -4.76. The highest BCUT2D eigenvalue weighted by Gasteiger charge is 2.31. The molecule has 0 aliphatic rings. The quantitative estimate of drug-likeness (QED) is 0.208. The molecule has 0 N–H and O–H groups in total. The lowest BCUT2D eigenvalue weighted by Gasteiger charge is -2.21. The van der Waals surface area contributed by atoms with Crippen molar-refractivity contribution in [3.05, 3.63) is 77.9 Å². The molecule has 3 rings (SSSR count). The lowest BCUT2D eigenvalue weighted by Crippen LogP contribution is -2.29. The molecular formula is C32H37F3O5. The fourth-order valence-corrected chi connectivity index (χ4v) is 4.01. The Morgan fingerprint density at radius 3 is 2.08 bits per heavy atom. The molecule has 0 heterocycles. The molecule has 0 bridgehead atoms. The van der Waals surface area contributed by atoms with Crippen LogP contribution in [0.2, 0.25) is 0 Å². The van der Waals surface area contributed by atoms with Gasteiger partial charge in [0.25, 0.3) is 0 Å². The Bertz CT molecular complexity index is 1230. The van der Waals surface area contributed by atoms with Gasteiger partial charge < -0.3 is 18.9 Å². The molecule has 1 atom stereocenters. The number of alkyl halides is 3. The van der Waals surface area contributed by atoms with Crippen LogP contribution in [0.4, 0.5) is 13.2 Å². The summed E-state index contributed by atoms with van der Waals surface area (Å²) in [7, 11) is 0. The van der Waals surface area contributed by atoms with Crippen LogP contribution >= 0.6 is 0 Å². The van der Waals surface area contributed by atoms with E-state index in [2.05, 4.69) is 37.6 Å². The first-order valence-corrected chi connectivity index (χ1v) is 13.5. The molecular weight excluding hydrogens is 521 g/mol. The molecule has 1 unspecified atom stereocenters. The van der Waals surface area contributed by atoms with E-state index in [0.717, 1.165) is 18.4 Å². The topological polar surface area (TPSA) is 54.0 Å². The van der Waals surface area contributed by atoms with Crippen LogP contribution in [0.25, 0.3) is 11.1 Å². The Labute approximate surface area is 234 Å². The standard InChI is InChI=1S/C32H37F3O5/c1-6-8-9-28(30(36)37-7-2)39-27-19-14-24(23-12-17-26(18-13-23)40-32(33,34)35)20-29(27)38-21-22-10-15-25(16-11-22)31(3,4)5/h10-20,28H,6-9,21H2,1-5H3. The number of unbranched alkanes of at least 4 members (excludes halogenated alkanes) is 1. The predicted octanol–water partition coefficient (Wildman–Crippen LogP) is 8.63. The van der Waals surface area contributed by atoms with Crippen LogP contribution in [-0.4, -0.2) is 25.0 Å². The summed E-state index contributed by atoms with van der Waals surface area (Å²) in [5.41, 5.74) is 3.54. The van der Waals surface area contributed by atoms with Gasteiger partial charge in [-0.3, -0.25) is 0 Å². The van der Waals surface area contributed by atoms with Gasteiger partial charge in [0, 0.05) is 0 Å². The summed E-state index contributed by atoms with van der Waals surface area (Å²) in [6, 6.07) is 19.0. The summed E-state index contributed by atoms with van der Waals surface area (Å²) in [4.78, 5) is 12.6. The predicted molar refractivity (Wildman–Crippen MR) is 149 cm³/mol. The number of carbonyl (C=O) groups excluding carboxylic acids is 1. The minimum absolute atomic E-state index is 0.0238. The third kappa shape index (κ3) is 9.21. The third-order valence-electron chi connectivity index (χ3n) is 6.22. The average Bonchev–Trinajstić information content (AvgIpc) is 2.89. The van der Waals surface area contributed by atoms with Gasteiger partial charge in [0.15, 0.2) is 17.6 Å². The fraction of sp³-hybridized carbons (Fsp3) is 0.406. The van der Waals surface area contributed by atoms with Crippen LogP contribution < -0.4 is 14.2 Å². The van der Waals surface area contributed by atoms with E-state index in [-0.39, 0.29) is 24.4 Å². The highest BCUT2D eigenvalue weighted by atomic mass is 19.4. The van der Waals surface area contributed by atoms with Gasteiger partial charge in [0.2, 0.25) is 0 Å². The van der Waals surface area contributed by atoms with Crippen LogP contribution in [0.1, 0.15) is 65.0 Å². The summed E-state index contributed by atoms with van der Waals surface area (Å²) in [6.45, 7) is 10.7. The Morgan fingerprint density at radius 1 is 0.850 bits per heavy atom. The van der Waals surface area contributed by atoms with Crippen LogP contribution in [0.3, 0.4) is 0 Å². The first kappa shape index (κ1) is 30.9. The molecule has 0 spiro atoms. The molecule has 5 nitrogen and oxygen atoms in total. The van der Waals surface area contributed by atoms with Gasteiger partial charge in [0.05, 0.1) is 6.61 Å². The van der Waals surface area contributed by atoms with Crippen LogP contribution in [-0.2, 0) is 21.6 Å². The van der Waals surface area contributed by atoms with Crippen molar-refractivity contribution in [3.8, 4) is 28.4 Å². The van der Waals surface area contributed by atoms with E-state index in [9.17, 15) is 18.0 Å². The van der Waals surface area contributed by atoms with E-state index in [4.69, 9.17) is 14.2 Å². The van der Waals surface area contributed by atoms with Crippen molar-refractivity contribution in [1.29, 1.82) is 0 Å². The molecule has 0 aromatic heterocycles. The molecule has 40 heavy (non-hydrogen) atoms. The number of benzene rings is 3. The number of hydrogen-bond donors (Lipinski definition) is 0. The molecule has 3 aromatic carbocycles. The Morgan fingerprint density at radius 2 is 1.50 bits per heavy atom. The Hall–Kier alpha value is -3.68. The van der Waals surface area contributed by atoms with E-state index >= 15 is 0 Å². The molecule has 0 aliphatic carbocycles. The largest absolute Gasteiger partial charge is 0.573 e. The molecule has 0 saturated carbocycles. The van der Waals surface area contributed by atoms with Crippen molar-refractivity contribution in [2.75, 3.05) is 6.61 Å². The lowest BCUT2D eigenvalue weighted by atomic mass is 9.87. The second kappa shape index (κ2) is 13.6. The van der Waals surface area contributed by atoms with E-state index in [0.29, 0.717) is 29.0 Å². The lowest BCUT2D eigenvalue weighted by molar-refractivity contribution is -0.274. The van der Waals surface area contributed by atoms with E-state index in [1.165, 1.54) is 29.8 Å². The van der Waals surface area contributed by atoms with E-state index < -0.39 is 18.4 Å². The minimum Gasteiger partial charge on any atom is -0.485 e. The molecule has 8 heteroatoms. The molecule has 216 valence electrons. The maximum Gasteiger partial charge on any atom is 0.573 e. The van der Waals surface area contributed by atoms with Gasteiger partial charge in [-0.15, -0.1) is 13.2 Å². The number of hydrogen-bond acceptors (Lipinski definition) is 5. The van der Waals surface area contributed by atoms with Crippen molar-refractivity contribution in [3.63, 3.8) is 0 Å². The summed E-state index contributed by atoms with van der Waals surface area (Å²) in [5.74, 6) is 0.0311. The van der Waals surface area contributed by atoms with Crippen LogP contribution in [0.15, 0.2) is 66.7 Å². The SMILES string of the molecule is CCCCC(Oc1ccc(-c2ccc(OC(F)(F)F)cc2)cc1OCc1ccc(C(C)(C)C)cc1)C(=O)OCC. The monoisotopic (exact) mass is 558 g/mol. The maximum atomic E-state index is 12.6. The summed E-state index contributed by atoms with van der Waals surface area (Å²) in [6.07, 6.45) is -3.40. The highest BCUT2D eigenvalue weighted by Crippen LogP contribution is 2.36. The first-order chi connectivity index (χ1) is 18.9. The van der Waals surface area contributed by atoms with Crippen molar-refractivity contribution < 1.29 is 36.9 Å². The molecule has 0 amide bonds. The average molecular weight is 559 g/mol. The van der Waals surface area contributed by atoms with Gasteiger partial charge in [-0.05, 0) is 71.7 Å². The number of esters is 1. The van der Waals surface area contributed by atoms with Gasteiger partial charge in [-0.25, -0.2) is 4.79 Å². The van der Waals surface area contributed by atoms with Gasteiger partial charge >= 0.3 is 12.3 Å². The second-order valence-corrected chi connectivity index (χ2v) is 10.5. The van der Waals surface area contributed by atoms with Gasteiger partial charge in [-0.1, -0.05) is 76.6 Å². The number of ether oxygens (including phenoxy) is 4. The van der Waals surface area contributed by atoms with E-state index in [1.54, 1.807) is 25.1 Å². The Kier molecular flexibility index (Phi) is 10.5. The zero-order valence-corrected chi connectivity index (χ0v) is 23.6. The van der Waals surface area contributed by atoms with Crippen LogP contribution in [0.5, 0.6) is 17.2 Å². The maximum absolute atomic E-state index is 12.6. The zero-order valence-electron chi connectivity index (χ0n) is 23.6. The summed E-state index contributed by atoms with van der Waals surface area (Å²) >= 11 is 0. The zero-order chi connectivity index (χ0) is 29.3. The van der Waals surface area contributed by atoms with E-state index in [1.807, 2.05) is 19.1 Å². The van der Waals surface area contributed by atoms with Gasteiger partial charge in [0.1, 0.15) is 12.4 Å². The first-order valence-electron chi connectivity index (χ1n) is 13.5. The molecule has 0 aliphatic heterocycles. The third-order valence-corrected chi connectivity index (χ3v) is 6.22. The fourth-order valence-electron chi connectivity index (χ4n) is 4.01. The van der Waals surface area contributed by atoms with Crippen LogP contribution in [0, 0.1) is 0 Å². The number of carbonyl (C=O) groups is 1.